The summed E-state index contributed by atoms with van der Waals surface area (Å²) in [6, 6.07) is 0. The van der Waals surface area contributed by atoms with E-state index in [1.807, 2.05) is 13.8 Å². The molecule has 0 spiro atoms. The Balaban J connectivity index is 1.76. The molecule has 41 heavy (non-hydrogen) atoms. The largest absolute Gasteiger partial charge is 0.469 e. The number of fused-ring (bicyclic) bond motifs is 4. The summed E-state index contributed by atoms with van der Waals surface area (Å²) < 4.78 is 27.9. The molecule has 3 aliphatic carbocycles. The van der Waals surface area contributed by atoms with Gasteiger partial charge in [0.25, 0.3) is 0 Å². The van der Waals surface area contributed by atoms with Crippen LogP contribution in [0.4, 0.5) is 0 Å². The Morgan fingerprint density at radius 2 is 1.78 bits per heavy atom. The summed E-state index contributed by atoms with van der Waals surface area (Å²) in [5.41, 5.74) is -1.93. The van der Waals surface area contributed by atoms with E-state index < -0.39 is 82.5 Å². The first-order chi connectivity index (χ1) is 19.2. The molecule has 0 aromatic rings. The maximum atomic E-state index is 14.0. The molecule has 5 aliphatic rings. The van der Waals surface area contributed by atoms with Crippen molar-refractivity contribution in [2.75, 3.05) is 14.2 Å². The summed E-state index contributed by atoms with van der Waals surface area (Å²) in [4.78, 5) is 65.5. The number of ketones is 1. The number of hydrogen-bond donors (Lipinski definition) is 1. The van der Waals surface area contributed by atoms with Crippen molar-refractivity contribution in [2.24, 2.45) is 34.0 Å². The van der Waals surface area contributed by atoms with Crippen molar-refractivity contribution in [3.8, 4) is 0 Å². The maximum Gasteiger partial charge on any atom is 0.337 e. The second-order valence-corrected chi connectivity index (χ2v) is 12.3. The van der Waals surface area contributed by atoms with Gasteiger partial charge in [0.2, 0.25) is 6.29 Å². The average molecular weight is 573 g/mol. The molecule has 1 saturated heterocycles. The first kappa shape index (κ1) is 29.2. The monoisotopic (exact) mass is 572 g/mol. The number of aliphatic hydroxyl groups excluding tert-OH is 1. The predicted molar refractivity (Wildman–Crippen MR) is 139 cm³/mol. The van der Waals surface area contributed by atoms with Gasteiger partial charge in [0.1, 0.15) is 12.2 Å². The molecule has 1 N–H and O–H groups in total. The first-order valence-corrected chi connectivity index (χ1v) is 13.7. The number of aliphatic hydroxyl groups is 1. The van der Waals surface area contributed by atoms with E-state index in [0.29, 0.717) is 12.0 Å². The summed E-state index contributed by atoms with van der Waals surface area (Å²) >= 11 is 0. The molecule has 222 valence electrons. The first-order valence-electron chi connectivity index (χ1n) is 13.7. The molecule has 5 rings (SSSR count). The molecule has 10 unspecified atom stereocenters. The fourth-order valence-corrected chi connectivity index (χ4v) is 8.76. The number of hydrogen-bond acceptors (Lipinski definition) is 11. The number of ether oxygens (including phenoxy) is 5. The molecule has 0 aromatic heterocycles. The maximum absolute atomic E-state index is 14.0. The number of cyclic esters (lactones) is 1. The minimum atomic E-state index is -1.40. The van der Waals surface area contributed by atoms with E-state index in [0.717, 1.165) is 11.1 Å². The lowest BCUT2D eigenvalue weighted by Crippen LogP contribution is -2.70. The Morgan fingerprint density at radius 3 is 2.34 bits per heavy atom. The van der Waals surface area contributed by atoms with Gasteiger partial charge in [-0.05, 0) is 43.9 Å². The van der Waals surface area contributed by atoms with Gasteiger partial charge < -0.3 is 28.8 Å². The van der Waals surface area contributed by atoms with E-state index in [-0.39, 0.29) is 12.2 Å². The lowest BCUT2D eigenvalue weighted by atomic mass is 9.41. The molecule has 0 radical (unpaired) electrons. The second-order valence-electron chi connectivity index (χ2n) is 12.3. The third-order valence-electron chi connectivity index (χ3n) is 10.4. The van der Waals surface area contributed by atoms with Crippen LogP contribution in [0.15, 0.2) is 34.9 Å². The van der Waals surface area contributed by atoms with Crippen LogP contribution in [0.3, 0.4) is 0 Å². The second kappa shape index (κ2) is 9.62. The highest BCUT2D eigenvalue weighted by atomic mass is 16.6. The third kappa shape index (κ3) is 3.88. The van der Waals surface area contributed by atoms with E-state index in [1.54, 1.807) is 13.8 Å². The normalized spacial score (nSPS) is 42.6. The molecule has 1 saturated carbocycles. The van der Waals surface area contributed by atoms with Crippen molar-refractivity contribution >= 4 is 29.7 Å². The van der Waals surface area contributed by atoms with Gasteiger partial charge >= 0.3 is 23.9 Å². The van der Waals surface area contributed by atoms with E-state index >= 15 is 0 Å². The molecule has 0 aromatic carbocycles. The fraction of sp³-hybridized carbons (Fsp3) is 0.633. The molecular formula is C30H36O11. The van der Waals surface area contributed by atoms with Gasteiger partial charge in [-0.1, -0.05) is 25.5 Å². The quantitative estimate of drug-likeness (QED) is 0.292. The van der Waals surface area contributed by atoms with Gasteiger partial charge in [-0.25, -0.2) is 4.79 Å². The van der Waals surface area contributed by atoms with Crippen molar-refractivity contribution in [1.82, 2.24) is 0 Å². The minimum Gasteiger partial charge on any atom is -0.469 e. The smallest absolute Gasteiger partial charge is 0.337 e. The Kier molecular flexibility index (Phi) is 6.85. The Labute approximate surface area is 237 Å². The number of rotatable bonds is 5. The summed E-state index contributed by atoms with van der Waals surface area (Å²) in [5.74, 6) is -4.84. The van der Waals surface area contributed by atoms with Crippen molar-refractivity contribution in [2.45, 2.75) is 72.1 Å². The number of methoxy groups -OCH3 is 2. The van der Waals surface area contributed by atoms with E-state index in [4.69, 9.17) is 23.7 Å². The summed E-state index contributed by atoms with van der Waals surface area (Å²) in [5, 5.41) is 9.90. The van der Waals surface area contributed by atoms with Crippen LogP contribution in [0.5, 0.6) is 0 Å². The van der Waals surface area contributed by atoms with Crippen molar-refractivity contribution in [3.05, 3.63) is 34.9 Å². The summed E-state index contributed by atoms with van der Waals surface area (Å²) in [6.07, 6.45) is 0.599. The van der Waals surface area contributed by atoms with Crippen LogP contribution >= 0.6 is 0 Å². The lowest BCUT2D eigenvalue weighted by molar-refractivity contribution is -0.226. The Bertz CT molecular complexity index is 1330. The molecule has 10 atom stereocenters. The highest BCUT2D eigenvalue weighted by molar-refractivity contribution is 6.00. The van der Waals surface area contributed by atoms with Gasteiger partial charge in [0, 0.05) is 35.2 Å². The van der Waals surface area contributed by atoms with Crippen LogP contribution in [0.1, 0.15) is 47.5 Å². The van der Waals surface area contributed by atoms with Crippen LogP contribution in [-0.4, -0.2) is 73.6 Å². The zero-order valence-corrected chi connectivity index (χ0v) is 24.2. The predicted octanol–water partition coefficient (Wildman–Crippen LogP) is 1.96. The molecule has 2 heterocycles. The van der Waals surface area contributed by atoms with Crippen LogP contribution in [0.2, 0.25) is 0 Å². The summed E-state index contributed by atoms with van der Waals surface area (Å²) in [7, 11) is 2.51. The van der Waals surface area contributed by atoms with Crippen molar-refractivity contribution in [3.63, 3.8) is 0 Å². The number of carbonyl (C=O) groups is 5. The number of carbonyl (C=O) groups excluding carboxylic acids is 5. The Hall–Kier alpha value is -3.31. The number of allylic oxidation sites excluding steroid dienone is 2. The van der Waals surface area contributed by atoms with E-state index in [1.165, 1.54) is 39.4 Å². The zero-order chi connectivity index (χ0) is 30.2. The van der Waals surface area contributed by atoms with Gasteiger partial charge in [-0.3, -0.25) is 19.2 Å². The van der Waals surface area contributed by atoms with Crippen LogP contribution in [0.25, 0.3) is 0 Å². The van der Waals surface area contributed by atoms with Gasteiger partial charge in [-0.2, -0.15) is 0 Å². The minimum absolute atomic E-state index is 0.179. The van der Waals surface area contributed by atoms with Crippen molar-refractivity contribution < 1.29 is 52.8 Å². The fourth-order valence-electron chi connectivity index (χ4n) is 8.76. The number of esters is 4. The Morgan fingerprint density at radius 1 is 1.10 bits per heavy atom. The SMILES string of the molecule is COC(=O)CC1C2(C)C3=C(C)C(C4=CC(O)OC4=O)CC3OC2C(OC(C)=O)C2C(C)(C(=O)OC)C=CC(=O)C21C. The molecule has 0 amide bonds. The zero-order valence-electron chi connectivity index (χ0n) is 24.2. The highest BCUT2D eigenvalue weighted by Crippen LogP contribution is 2.70. The third-order valence-corrected chi connectivity index (χ3v) is 10.4. The highest BCUT2D eigenvalue weighted by Gasteiger charge is 2.75. The average Bonchev–Trinajstić information content (AvgIpc) is 3.52. The topological polar surface area (TPSA) is 152 Å². The van der Waals surface area contributed by atoms with Crippen molar-refractivity contribution in [1.29, 1.82) is 0 Å². The molecule has 2 fully saturated rings. The molecule has 11 heteroatoms. The lowest BCUT2D eigenvalue weighted by Gasteiger charge is -2.62. The van der Waals surface area contributed by atoms with Crippen LogP contribution < -0.4 is 0 Å². The molecule has 0 bridgehead atoms. The van der Waals surface area contributed by atoms with Gasteiger partial charge in [0.05, 0.1) is 32.2 Å². The van der Waals surface area contributed by atoms with E-state index in [2.05, 4.69) is 0 Å². The molecule has 2 aliphatic heterocycles. The van der Waals surface area contributed by atoms with Crippen LogP contribution in [-0.2, 0) is 47.7 Å². The summed E-state index contributed by atoms with van der Waals surface area (Å²) in [6.45, 7) is 8.35. The van der Waals surface area contributed by atoms with Gasteiger partial charge in [0.15, 0.2) is 5.78 Å². The van der Waals surface area contributed by atoms with E-state index in [9.17, 15) is 29.1 Å². The standard InChI is InChI=1S/C30H36O11/c1-13-15(16-11-21(34)41-26(16)35)10-17-22(13)30(5)18(12-20(33)37-6)29(4)19(32)8-9-28(3,27(36)38-7)24(29)23(25(30)40-17)39-14(2)31/h8-9,11,15,17-18,21,23-25,34H,10,12H2,1-7H3. The molecular weight excluding hydrogens is 536 g/mol. The van der Waals surface area contributed by atoms with Gasteiger partial charge in [-0.15, -0.1) is 0 Å². The molecule has 11 nitrogen and oxygen atoms in total. The van der Waals surface area contributed by atoms with Crippen LogP contribution in [0, 0.1) is 34.0 Å².